The van der Waals surface area contributed by atoms with Gasteiger partial charge in [-0.25, -0.2) is 13.9 Å². The minimum absolute atomic E-state index is 0.307. The molecule has 4 rings (SSSR count). The van der Waals surface area contributed by atoms with E-state index in [0.29, 0.717) is 29.7 Å². The first kappa shape index (κ1) is 20.1. The van der Waals surface area contributed by atoms with Crippen molar-refractivity contribution < 1.29 is 17.9 Å². The first-order valence-electron chi connectivity index (χ1n) is 8.84. The van der Waals surface area contributed by atoms with Crippen LogP contribution in [0.25, 0.3) is 16.8 Å². The lowest BCUT2D eigenvalue weighted by atomic mass is 10.1. The molecule has 0 amide bonds. The predicted molar refractivity (Wildman–Crippen MR) is 107 cm³/mol. The second kappa shape index (κ2) is 7.94. The molecule has 0 atom stereocenters. The Kier molecular flexibility index (Phi) is 5.33. The van der Waals surface area contributed by atoms with Gasteiger partial charge < -0.3 is 4.74 Å². The van der Waals surface area contributed by atoms with Gasteiger partial charge in [0.2, 0.25) is 0 Å². The molecule has 4 aromatic rings. The highest BCUT2D eigenvalue weighted by atomic mass is 79.9. The van der Waals surface area contributed by atoms with Gasteiger partial charge in [-0.1, -0.05) is 28.1 Å². The Hall–Kier alpha value is -3.14. The van der Waals surface area contributed by atoms with Crippen LogP contribution in [0.1, 0.15) is 5.69 Å². The number of aromatic nitrogens is 4. The summed E-state index contributed by atoms with van der Waals surface area (Å²) in [6.07, 6.45) is -0.911. The minimum Gasteiger partial charge on any atom is -0.406 e. The van der Waals surface area contributed by atoms with Gasteiger partial charge in [-0.05, 0) is 47.5 Å². The second-order valence-electron chi connectivity index (χ2n) is 6.44. The van der Waals surface area contributed by atoms with Gasteiger partial charge in [0.25, 0.3) is 0 Å². The Bertz CT molecular complexity index is 1250. The Labute approximate surface area is 176 Å². The van der Waals surface area contributed by atoms with Crippen molar-refractivity contribution in [2.24, 2.45) is 0 Å². The van der Waals surface area contributed by atoms with Crippen LogP contribution in [0.4, 0.5) is 13.2 Å². The fraction of sp³-hybridized carbons (Fsp3) is 0.150. The van der Waals surface area contributed by atoms with Crippen LogP contribution in [0.5, 0.6) is 5.75 Å². The van der Waals surface area contributed by atoms with E-state index in [0.717, 1.165) is 10.2 Å². The molecule has 30 heavy (non-hydrogen) atoms. The SMILES string of the molecule is O=c1n(CCc2cc(Br)ccn2)nc2ccc(-c3ccc(OC(F)(F)F)cc3)cn12. The summed E-state index contributed by atoms with van der Waals surface area (Å²) in [7, 11) is 0. The van der Waals surface area contributed by atoms with Crippen molar-refractivity contribution in [3.05, 3.63) is 81.6 Å². The van der Waals surface area contributed by atoms with Crippen molar-refractivity contribution in [2.75, 3.05) is 0 Å². The van der Waals surface area contributed by atoms with E-state index in [1.54, 1.807) is 24.5 Å². The number of hydrogen-bond acceptors (Lipinski definition) is 4. The van der Waals surface area contributed by atoms with Gasteiger partial charge in [0.15, 0.2) is 5.65 Å². The standard InChI is InChI=1S/C20H14BrF3N4O2/c21-15-7-9-25-16(11-15)8-10-28-19(29)27-12-14(3-6-18(27)26-28)13-1-4-17(5-2-13)30-20(22,23)24/h1-7,9,11-12H,8,10H2. The van der Waals surface area contributed by atoms with E-state index in [2.05, 4.69) is 30.7 Å². The number of nitrogens with zero attached hydrogens (tertiary/aromatic N) is 4. The van der Waals surface area contributed by atoms with Gasteiger partial charge in [-0.2, -0.15) is 0 Å². The van der Waals surface area contributed by atoms with E-state index >= 15 is 0 Å². The lowest BCUT2D eigenvalue weighted by molar-refractivity contribution is -0.274. The van der Waals surface area contributed by atoms with E-state index in [9.17, 15) is 18.0 Å². The molecule has 0 unspecified atom stereocenters. The summed E-state index contributed by atoms with van der Waals surface area (Å²) >= 11 is 3.39. The smallest absolute Gasteiger partial charge is 0.406 e. The summed E-state index contributed by atoms with van der Waals surface area (Å²) < 4.78 is 44.5. The number of rotatable bonds is 5. The number of ether oxygens (including phenoxy) is 1. The molecule has 0 aliphatic heterocycles. The summed E-state index contributed by atoms with van der Waals surface area (Å²) in [4.78, 5) is 17.0. The van der Waals surface area contributed by atoms with Gasteiger partial charge >= 0.3 is 12.1 Å². The zero-order valence-corrected chi connectivity index (χ0v) is 16.9. The molecule has 0 saturated carbocycles. The van der Waals surface area contributed by atoms with E-state index in [1.165, 1.54) is 33.3 Å². The highest BCUT2D eigenvalue weighted by Crippen LogP contribution is 2.26. The molecule has 0 saturated heterocycles. The molecular formula is C20H14BrF3N4O2. The van der Waals surface area contributed by atoms with Gasteiger partial charge in [-0.3, -0.25) is 4.98 Å². The molecule has 1 aromatic carbocycles. The molecule has 6 nitrogen and oxygen atoms in total. The number of halogens is 4. The molecule has 0 fully saturated rings. The number of fused-ring (bicyclic) bond motifs is 1. The van der Waals surface area contributed by atoms with Gasteiger partial charge in [0.1, 0.15) is 5.75 Å². The molecular weight excluding hydrogens is 465 g/mol. The van der Waals surface area contributed by atoms with Gasteiger partial charge in [0, 0.05) is 29.0 Å². The molecule has 3 aromatic heterocycles. The average molecular weight is 479 g/mol. The summed E-state index contributed by atoms with van der Waals surface area (Å²) in [6.45, 7) is 0.364. The maximum absolute atomic E-state index is 12.7. The highest BCUT2D eigenvalue weighted by Gasteiger charge is 2.30. The molecule has 0 spiro atoms. The number of hydrogen-bond donors (Lipinski definition) is 0. The van der Waals surface area contributed by atoms with Crippen LogP contribution in [0.15, 0.2) is 70.2 Å². The van der Waals surface area contributed by atoms with Crippen molar-refractivity contribution in [2.45, 2.75) is 19.3 Å². The van der Waals surface area contributed by atoms with E-state index in [-0.39, 0.29) is 11.4 Å². The maximum Gasteiger partial charge on any atom is 0.573 e. The third kappa shape index (κ3) is 4.54. The zero-order chi connectivity index (χ0) is 21.3. The fourth-order valence-corrected chi connectivity index (χ4v) is 3.37. The van der Waals surface area contributed by atoms with Crippen LogP contribution in [0, 0.1) is 0 Å². The molecule has 0 radical (unpaired) electrons. The fourth-order valence-electron chi connectivity index (χ4n) is 2.99. The Morgan fingerprint density at radius 1 is 1.03 bits per heavy atom. The van der Waals surface area contributed by atoms with Crippen LogP contribution in [-0.4, -0.2) is 25.5 Å². The van der Waals surface area contributed by atoms with Crippen molar-refractivity contribution in [3.8, 4) is 16.9 Å². The molecule has 0 aliphatic rings. The first-order chi connectivity index (χ1) is 14.3. The number of aryl methyl sites for hydroxylation is 2. The normalized spacial score (nSPS) is 11.7. The number of alkyl halides is 3. The van der Waals surface area contributed by atoms with Crippen LogP contribution < -0.4 is 10.4 Å². The first-order valence-corrected chi connectivity index (χ1v) is 9.64. The quantitative estimate of drug-likeness (QED) is 0.424. The Morgan fingerprint density at radius 3 is 2.47 bits per heavy atom. The zero-order valence-electron chi connectivity index (χ0n) is 15.3. The van der Waals surface area contributed by atoms with Crippen LogP contribution >= 0.6 is 15.9 Å². The molecule has 0 aliphatic carbocycles. The van der Waals surface area contributed by atoms with Crippen molar-refractivity contribution in [1.82, 2.24) is 19.2 Å². The monoisotopic (exact) mass is 478 g/mol. The average Bonchev–Trinajstić information content (AvgIpc) is 3.01. The highest BCUT2D eigenvalue weighted by molar-refractivity contribution is 9.10. The minimum atomic E-state index is -4.74. The van der Waals surface area contributed by atoms with Crippen LogP contribution in [0.3, 0.4) is 0 Å². The van der Waals surface area contributed by atoms with Gasteiger partial charge in [-0.15, -0.1) is 18.3 Å². The number of benzene rings is 1. The largest absolute Gasteiger partial charge is 0.573 e. The maximum atomic E-state index is 12.7. The van der Waals surface area contributed by atoms with Crippen molar-refractivity contribution >= 4 is 21.6 Å². The molecule has 0 bridgehead atoms. The summed E-state index contributed by atoms with van der Waals surface area (Å²) in [5.74, 6) is -0.307. The van der Waals surface area contributed by atoms with Crippen LogP contribution in [-0.2, 0) is 13.0 Å². The van der Waals surface area contributed by atoms with Gasteiger partial charge in [0.05, 0.1) is 6.54 Å². The summed E-state index contributed by atoms with van der Waals surface area (Å²) in [6, 6.07) is 12.6. The van der Waals surface area contributed by atoms with Crippen molar-refractivity contribution in [3.63, 3.8) is 0 Å². The van der Waals surface area contributed by atoms with E-state index in [1.807, 2.05) is 12.1 Å². The third-order valence-corrected chi connectivity index (χ3v) is 4.85. The Balaban J connectivity index is 1.57. The van der Waals surface area contributed by atoms with E-state index < -0.39 is 6.36 Å². The predicted octanol–water partition coefficient (Wildman–Crippen LogP) is 4.46. The topological polar surface area (TPSA) is 61.4 Å². The van der Waals surface area contributed by atoms with Crippen LogP contribution in [0.2, 0.25) is 0 Å². The molecule has 154 valence electrons. The summed E-state index contributed by atoms with van der Waals surface area (Å²) in [5.41, 5.74) is 2.30. The van der Waals surface area contributed by atoms with Crippen molar-refractivity contribution in [1.29, 1.82) is 0 Å². The summed E-state index contributed by atoms with van der Waals surface area (Å²) in [5, 5.41) is 4.32. The molecule has 3 heterocycles. The molecule has 0 N–H and O–H groups in total. The lowest BCUT2D eigenvalue weighted by Crippen LogP contribution is -2.22. The van der Waals surface area contributed by atoms with E-state index in [4.69, 9.17) is 0 Å². The lowest BCUT2D eigenvalue weighted by Gasteiger charge is -2.09. The Morgan fingerprint density at radius 2 is 1.77 bits per heavy atom. The molecule has 10 heteroatoms. The second-order valence-corrected chi connectivity index (χ2v) is 7.35. The third-order valence-electron chi connectivity index (χ3n) is 4.36. The number of pyridine rings is 2.